The Bertz CT molecular complexity index is 561. The van der Waals surface area contributed by atoms with Gasteiger partial charge in [-0.3, -0.25) is 9.59 Å². The first-order valence-electron chi connectivity index (χ1n) is 8.31. The molecule has 8 nitrogen and oxygen atoms in total. The number of hydrogen-bond donors (Lipinski definition) is 2. The molecule has 0 spiro atoms. The van der Waals surface area contributed by atoms with Crippen molar-refractivity contribution in [2.24, 2.45) is 0 Å². The molecule has 8 heteroatoms. The number of likely N-dealkylation sites (tertiary alicyclic amines) is 1. The molecule has 0 aromatic carbocycles. The van der Waals surface area contributed by atoms with Gasteiger partial charge >= 0.3 is 0 Å². The summed E-state index contributed by atoms with van der Waals surface area (Å²) in [5.41, 5.74) is 0.160. The van der Waals surface area contributed by atoms with Crippen molar-refractivity contribution in [1.82, 2.24) is 20.3 Å². The average molecular weight is 321 g/mol. The van der Waals surface area contributed by atoms with Gasteiger partial charge in [-0.25, -0.2) is 0 Å². The number of carbonyl (C=O) groups excluding carboxylic acids is 2. The molecule has 1 saturated carbocycles. The molecule has 3 rings (SSSR count). The smallest absolute Gasteiger partial charge is 0.278 e. The summed E-state index contributed by atoms with van der Waals surface area (Å²) < 4.78 is 5.76. The van der Waals surface area contributed by atoms with E-state index in [9.17, 15) is 9.59 Å². The molecule has 1 aromatic rings. The molecule has 1 atom stereocenters. The SMILES string of the molecule is CC(OC1CCCC1)C(=O)Nc1n[nH]nc1C(=O)N1CCCC1. The topological polar surface area (TPSA) is 100 Å². The molecule has 2 heterocycles. The third kappa shape index (κ3) is 3.69. The summed E-state index contributed by atoms with van der Waals surface area (Å²) in [7, 11) is 0. The third-order valence-corrected chi connectivity index (χ3v) is 4.45. The van der Waals surface area contributed by atoms with Crippen LogP contribution in [0, 0.1) is 0 Å². The number of hydrogen-bond acceptors (Lipinski definition) is 5. The summed E-state index contributed by atoms with van der Waals surface area (Å²) in [6, 6.07) is 0. The molecule has 126 valence electrons. The fourth-order valence-electron chi connectivity index (χ4n) is 3.13. The van der Waals surface area contributed by atoms with Crippen molar-refractivity contribution in [3.05, 3.63) is 5.69 Å². The van der Waals surface area contributed by atoms with Crippen LogP contribution in [0.15, 0.2) is 0 Å². The lowest BCUT2D eigenvalue weighted by molar-refractivity contribution is -0.129. The number of aromatic nitrogens is 3. The lowest BCUT2D eigenvalue weighted by Crippen LogP contribution is -2.33. The summed E-state index contributed by atoms with van der Waals surface area (Å²) in [5.74, 6) is -0.328. The maximum absolute atomic E-state index is 12.4. The number of rotatable bonds is 5. The van der Waals surface area contributed by atoms with Crippen LogP contribution in [0.4, 0.5) is 5.82 Å². The summed E-state index contributed by atoms with van der Waals surface area (Å²) in [5, 5.41) is 12.9. The molecule has 2 amide bonds. The van der Waals surface area contributed by atoms with Gasteiger partial charge in [0.1, 0.15) is 6.10 Å². The minimum Gasteiger partial charge on any atom is -0.365 e. The number of H-pyrrole nitrogens is 1. The van der Waals surface area contributed by atoms with Crippen molar-refractivity contribution in [2.45, 2.75) is 57.7 Å². The second-order valence-corrected chi connectivity index (χ2v) is 6.19. The summed E-state index contributed by atoms with van der Waals surface area (Å²) in [6.45, 7) is 3.16. The van der Waals surface area contributed by atoms with E-state index in [0.717, 1.165) is 51.6 Å². The first-order valence-corrected chi connectivity index (χ1v) is 8.31. The number of amides is 2. The molecule has 0 radical (unpaired) electrons. The average Bonchev–Trinajstić information content (AvgIpc) is 3.29. The van der Waals surface area contributed by atoms with Crippen LogP contribution < -0.4 is 5.32 Å². The number of anilines is 1. The normalized spacial score (nSPS) is 20.0. The maximum Gasteiger partial charge on any atom is 0.278 e. The van der Waals surface area contributed by atoms with Crippen LogP contribution in [-0.4, -0.2) is 57.4 Å². The molecule has 1 aromatic heterocycles. The van der Waals surface area contributed by atoms with Gasteiger partial charge in [-0.05, 0) is 32.6 Å². The molecule has 1 aliphatic carbocycles. The van der Waals surface area contributed by atoms with Gasteiger partial charge < -0.3 is 15.0 Å². The highest BCUT2D eigenvalue weighted by Crippen LogP contribution is 2.22. The Kier molecular flexibility index (Phi) is 4.90. The van der Waals surface area contributed by atoms with Gasteiger partial charge in [-0.1, -0.05) is 12.8 Å². The molecule has 1 saturated heterocycles. The van der Waals surface area contributed by atoms with E-state index in [-0.39, 0.29) is 29.4 Å². The van der Waals surface area contributed by atoms with E-state index in [1.807, 2.05) is 0 Å². The summed E-state index contributed by atoms with van der Waals surface area (Å²) >= 11 is 0. The van der Waals surface area contributed by atoms with Crippen LogP contribution >= 0.6 is 0 Å². The predicted molar refractivity (Wildman–Crippen MR) is 83.0 cm³/mol. The molecule has 2 aliphatic rings. The van der Waals surface area contributed by atoms with Crippen molar-refractivity contribution in [2.75, 3.05) is 18.4 Å². The number of nitrogens with zero attached hydrogens (tertiary/aromatic N) is 3. The highest BCUT2D eigenvalue weighted by Gasteiger charge is 2.28. The minimum atomic E-state index is -0.579. The Morgan fingerprint density at radius 3 is 2.61 bits per heavy atom. The number of nitrogens with one attached hydrogen (secondary N) is 2. The van der Waals surface area contributed by atoms with Crippen LogP contribution in [0.2, 0.25) is 0 Å². The highest BCUT2D eigenvalue weighted by atomic mass is 16.5. The summed E-state index contributed by atoms with van der Waals surface area (Å²) in [6.07, 6.45) is 5.87. The Morgan fingerprint density at radius 2 is 1.91 bits per heavy atom. The third-order valence-electron chi connectivity index (χ3n) is 4.45. The van der Waals surface area contributed by atoms with Gasteiger partial charge in [0.05, 0.1) is 6.10 Å². The zero-order valence-corrected chi connectivity index (χ0v) is 13.4. The van der Waals surface area contributed by atoms with Gasteiger partial charge in [0, 0.05) is 13.1 Å². The van der Waals surface area contributed by atoms with Gasteiger partial charge in [0.2, 0.25) is 0 Å². The number of ether oxygens (including phenoxy) is 1. The first kappa shape index (κ1) is 15.9. The van der Waals surface area contributed by atoms with Crippen LogP contribution in [-0.2, 0) is 9.53 Å². The molecule has 0 bridgehead atoms. The number of aromatic amines is 1. The largest absolute Gasteiger partial charge is 0.365 e. The number of carbonyl (C=O) groups is 2. The van der Waals surface area contributed by atoms with Gasteiger partial charge in [-0.15, -0.1) is 10.2 Å². The molecule has 2 N–H and O–H groups in total. The highest BCUT2D eigenvalue weighted by molar-refractivity contribution is 6.02. The van der Waals surface area contributed by atoms with Gasteiger partial charge in [-0.2, -0.15) is 5.21 Å². The van der Waals surface area contributed by atoms with E-state index < -0.39 is 6.10 Å². The fraction of sp³-hybridized carbons (Fsp3) is 0.733. The Balaban J connectivity index is 1.60. The van der Waals surface area contributed by atoms with Crippen LogP contribution in [0.3, 0.4) is 0 Å². The van der Waals surface area contributed by atoms with E-state index in [0.29, 0.717) is 0 Å². The van der Waals surface area contributed by atoms with E-state index >= 15 is 0 Å². The Labute approximate surface area is 134 Å². The van der Waals surface area contributed by atoms with Crippen LogP contribution in [0.5, 0.6) is 0 Å². The van der Waals surface area contributed by atoms with Crippen molar-refractivity contribution >= 4 is 17.6 Å². The lowest BCUT2D eigenvalue weighted by Gasteiger charge is -2.18. The second-order valence-electron chi connectivity index (χ2n) is 6.19. The van der Waals surface area contributed by atoms with Crippen LogP contribution in [0.25, 0.3) is 0 Å². The molecular formula is C15H23N5O3. The van der Waals surface area contributed by atoms with E-state index in [1.54, 1.807) is 11.8 Å². The quantitative estimate of drug-likeness (QED) is 0.852. The predicted octanol–water partition coefficient (Wildman–Crippen LogP) is 1.33. The molecule has 2 fully saturated rings. The van der Waals surface area contributed by atoms with Crippen molar-refractivity contribution in [3.8, 4) is 0 Å². The lowest BCUT2D eigenvalue weighted by atomic mass is 10.3. The molecule has 23 heavy (non-hydrogen) atoms. The van der Waals surface area contributed by atoms with Gasteiger partial charge in [0.25, 0.3) is 11.8 Å². The van der Waals surface area contributed by atoms with E-state index in [4.69, 9.17) is 4.74 Å². The zero-order chi connectivity index (χ0) is 16.2. The summed E-state index contributed by atoms with van der Waals surface area (Å²) in [4.78, 5) is 26.4. The van der Waals surface area contributed by atoms with Crippen molar-refractivity contribution in [3.63, 3.8) is 0 Å². The van der Waals surface area contributed by atoms with Crippen LogP contribution in [0.1, 0.15) is 55.9 Å². The van der Waals surface area contributed by atoms with Crippen molar-refractivity contribution < 1.29 is 14.3 Å². The van der Waals surface area contributed by atoms with Crippen molar-refractivity contribution in [1.29, 1.82) is 0 Å². The molecule has 1 aliphatic heterocycles. The van der Waals surface area contributed by atoms with E-state index in [2.05, 4.69) is 20.7 Å². The molecule has 1 unspecified atom stereocenters. The minimum absolute atomic E-state index is 0.152. The first-order chi connectivity index (χ1) is 11.1. The standard InChI is InChI=1S/C15H23N5O3/c1-10(23-11-6-2-3-7-11)14(21)16-13-12(17-19-18-13)15(22)20-8-4-5-9-20/h10-11H,2-9H2,1H3,(H2,16,17,18,19,21). The Morgan fingerprint density at radius 1 is 1.22 bits per heavy atom. The monoisotopic (exact) mass is 321 g/mol. The maximum atomic E-state index is 12.4. The second kappa shape index (κ2) is 7.08. The van der Waals surface area contributed by atoms with E-state index in [1.165, 1.54) is 0 Å². The Hall–Kier alpha value is -1.96. The van der Waals surface area contributed by atoms with Gasteiger partial charge in [0.15, 0.2) is 11.5 Å². The molecular weight excluding hydrogens is 298 g/mol. The fourth-order valence-corrected chi connectivity index (χ4v) is 3.13. The zero-order valence-electron chi connectivity index (χ0n) is 13.4.